The lowest BCUT2D eigenvalue weighted by Gasteiger charge is -2.28. The Labute approximate surface area is 426 Å². The van der Waals surface area contributed by atoms with Gasteiger partial charge in [0.25, 0.3) is 0 Å². The molecule has 0 rings (SSSR count). The van der Waals surface area contributed by atoms with Crippen molar-refractivity contribution in [2.24, 2.45) is 0 Å². The third kappa shape index (κ3) is 50.6. The van der Waals surface area contributed by atoms with Crippen LogP contribution in [0, 0.1) is 0 Å². The molecular weight excluding hydrogens is 880 g/mol. The molecule has 4 unspecified atom stereocenters. The summed E-state index contributed by atoms with van der Waals surface area (Å²) in [6.07, 6.45) is 64.5. The lowest BCUT2D eigenvalue weighted by Crippen LogP contribution is -2.51. The molecule has 0 aromatic rings. The van der Waals surface area contributed by atoms with Gasteiger partial charge in [-0.05, 0) is 96.8 Å². The number of aliphatic hydroxyl groups excluding tert-OH is 2. The molecule has 0 aromatic heterocycles. The monoisotopic (exact) mass is 990 g/mol. The minimum atomic E-state index is -4.44. The molecule has 4 N–H and O–H groups in total. The fourth-order valence-corrected chi connectivity index (χ4v) is 8.81. The first kappa shape index (κ1) is 66.9. The average molecular weight is 991 g/mol. The molecule has 10 heteroatoms. The van der Waals surface area contributed by atoms with Gasteiger partial charge in [-0.3, -0.25) is 13.8 Å². The number of allylic oxidation sites excluding steroid dienone is 12. The molecule has 0 heterocycles. The average Bonchev–Trinajstić information content (AvgIpc) is 3.31. The summed E-state index contributed by atoms with van der Waals surface area (Å²) >= 11 is 0. The standard InChI is InChI=1S/C59H109N2O7P/c1-6-8-10-12-14-16-18-20-21-22-23-24-25-26-27-28-29-30-31-32-33-34-35-36-37-38-39-40-42-44-46-48-50-52-58(63)60-56(55-68-69(65,66)67-54-53-61(3,4)5)59(64)57(62)51-49-47-45-43-41-19-17-15-13-11-9-7-2/h7,9,15,17-18,20,22-23,25-26,43,45,56-57,59,62,64H,6,8,10-14,16,19,21,24,27-42,44,46-55H2,1-5H3,(H-,60,63,65,66)/p+1/b9-7+,17-15+,20-18-,23-22-,26-25-,45-43+. The highest BCUT2D eigenvalue weighted by molar-refractivity contribution is 7.47. The molecule has 0 aliphatic heterocycles. The van der Waals surface area contributed by atoms with E-state index in [1.54, 1.807) is 0 Å². The van der Waals surface area contributed by atoms with Crippen LogP contribution in [0.2, 0.25) is 0 Å². The molecule has 0 spiro atoms. The number of quaternary nitrogens is 1. The second kappa shape index (κ2) is 49.5. The predicted octanol–water partition coefficient (Wildman–Crippen LogP) is 16.1. The van der Waals surface area contributed by atoms with Crippen molar-refractivity contribution >= 4 is 13.7 Å². The zero-order valence-electron chi connectivity index (χ0n) is 45.4. The smallest absolute Gasteiger partial charge is 0.390 e. The van der Waals surface area contributed by atoms with Crippen molar-refractivity contribution in [3.8, 4) is 0 Å². The zero-order valence-corrected chi connectivity index (χ0v) is 46.3. The second-order valence-electron chi connectivity index (χ2n) is 20.4. The summed E-state index contributed by atoms with van der Waals surface area (Å²) in [7, 11) is 1.40. The normalized spacial score (nSPS) is 15.0. The SMILES string of the molecule is C/C=C/CC/C=C/CC/C=C/CCCC(O)C(O)C(COP(=O)(O)OCC[N+](C)(C)C)NC(=O)CCCCCCCCCCCCCCCCCCCC/C=C\C/C=C\C/C=C\CCCCCCC. The van der Waals surface area contributed by atoms with E-state index in [9.17, 15) is 24.5 Å². The van der Waals surface area contributed by atoms with Crippen LogP contribution in [0.1, 0.15) is 239 Å². The lowest BCUT2D eigenvalue weighted by atomic mass is 10.0. The summed E-state index contributed by atoms with van der Waals surface area (Å²) < 4.78 is 23.6. The van der Waals surface area contributed by atoms with Crippen LogP contribution in [0.5, 0.6) is 0 Å². The molecule has 4 atom stereocenters. The van der Waals surface area contributed by atoms with Crippen LogP contribution < -0.4 is 5.32 Å². The van der Waals surface area contributed by atoms with Gasteiger partial charge in [0.2, 0.25) is 5.91 Å². The Morgan fingerprint density at radius 3 is 1.39 bits per heavy atom. The topological polar surface area (TPSA) is 125 Å². The summed E-state index contributed by atoms with van der Waals surface area (Å²) in [5, 5.41) is 24.7. The van der Waals surface area contributed by atoms with Gasteiger partial charge >= 0.3 is 7.82 Å². The summed E-state index contributed by atoms with van der Waals surface area (Å²) in [5.74, 6) is -0.275. The Morgan fingerprint density at radius 2 is 0.928 bits per heavy atom. The number of hydrogen-bond donors (Lipinski definition) is 4. The molecule has 9 nitrogen and oxygen atoms in total. The molecule has 0 radical (unpaired) electrons. The Bertz CT molecular complexity index is 1370. The van der Waals surface area contributed by atoms with Gasteiger partial charge in [-0.2, -0.15) is 0 Å². The number of aliphatic hydroxyl groups is 2. The van der Waals surface area contributed by atoms with E-state index in [0.29, 0.717) is 23.9 Å². The number of hydrogen-bond acceptors (Lipinski definition) is 6. The van der Waals surface area contributed by atoms with E-state index in [4.69, 9.17) is 9.05 Å². The van der Waals surface area contributed by atoms with Crippen LogP contribution in [-0.2, 0) is 18.4 Å². The van der Waals surface area contributed by atoms with Gasteiger partial charge in [0, 0.05) is 6.42 Å². The first-order chi connectivity index (χ1) is 33.4. The van der Waals surface area contributed by atoms with Crippen LogP contribution in [0.25, 0.3) is 0 Å². The van der Waals surface area contributed by atoms with Crippen molar-refractivity contribution in [1.82, 2.24) is 5.32 Å². The van der Waals surface area contributed by atoms with Crippen molar-refractivity contribution in [3.63, 3.8) is 0 Å². The first-order valence-corrected chi connectivity index (χ1v) is 29.8. The molecule has 0 fully saturated rings. The molecular formula is C59H110N2O7P+. The van der Waals surface area contributed by atoms with Crippen LogP contribution in [0.3, 0.4) is 0 Å². The fraction of sp³-hybridized carbons (Fsp3) is 0.780. The molecule has 0 saturated heterocycles. The van der Waals surface area contributed by atoms with E-state index >= 15 is 0 Å². The summed E-state index contributed by atoms with van der Waals surface area (Å²) in [6.45, 7) is 4.35. The minimum Gasteiger partial charge on any atom is -0.390 e. The largest absolute Gasteiger partial charge is 0.472 e. The number of phosphoric acid groups is 1. The Hall–Kier alpha value is -2.10. The molecule has 0 saturated carbocycles. The second-order valence-corrected chi connectivity index (χ2v) is 21.9. The van der Waals surface area contributed by atoms with Gasteiger partial charge in [0.05, 0.1) is 39.9 Å². The van der Waals surface area contributed by atoms with Crippen LogP contribution in [0.15, 0.2) is 72.9 Å². The summed E-state index contributed by atoms with van der Waals surface area (Å²) in [6, 6.07) is -1.06. The van der Waals surface area contributed by atoms with Gasteiger partial charge in [-0.1, -0.05) is 208 Å². The molecule has 402 valence electrons. The number of unbranched alkanes of at least 4 members (excludes halogenated alkanes) is 26. The number of amides is 1. The highest BCUT2D eigenvalue weighted by Crippen LogP contribution is 2.43. The van der Waals surface area contributed by atoms with Crippen LogP contribution in [-0.4, -0.2) is 84.6 Å². The molecule has 0 aliphatic rings. The van der Waals surface area contributed by atoms with Gasteiger partial charge in [0.15, 0.2) is 0 Å². The Balaban J connectivity index is 4.11. The van der Waals surface area contributed by atoms with Gasteiger partial charge in [-0.15, -0.1) is 0 Å². The zero-order chi connectivity index (χ0) is 50.8. The quantitative estimate of drug-likeness (QED) is 0.0207. The molecule has 0 bridgehead atoms. The minimum absolute atomic E-state index is 0.0106. The lowest BCUT2D eigenvalue weighted by molar-refractivity contribution is -0.870. The van der Waals surface area contributed by atoms with E-state index in [0.717, 1.165) is 70.6 Å². The third-order valence-electron chi connectivity index (χ3n) is 12.6. The number of carbonyl (C=O) groups excluding carboxylic acids is 1. The fourth-order valence-electron chi connectivity index (χ4n) is 8.07. The number of likely N-dealkylation sites (N-methyl/N-ethyl adjacent to an activating group) is 1. The number of nitrogens with one attached hydrogen (secondary N) is 1. The Kier molecular flexibility index (Phi) is 48.0. The number of phosphoric ester groups is 1. The first-order valence-electron chi connectivity index (χ1n) is 28.4. The van der Waals surface area contributed by atoms with E-state index in [-0.39, 0.29) is 18.9 Å². The third-order valence-corrected chi connectivity index (χ3v) is 13.6. The molecule has 1 amide bonds. The molecule has 0 aliphatic carbocycles. The highest BCUT2D eigenvalue weighted by atomic mass is 31.2. The highest BCUT2D eigenvalue weighted by Gasteiger charge is 2.31. The molecule has 69 heavy (non-hydrogen) atoms. The number of rotatable bonds is 51. The number of carbonyl (C=O) groups is 1. The maximum absolute atomic E-state index is 13.0. The van der Waals surface area contributed by atoms with Crippen molar-refractivity contribution in [3.05, 3.63) is 72.9 Å². The summed E-state index contributed by atoms with van der Waals surface area (Å²) in [5.41, 5.74) is 0. The van der Waals surface area contributed by atoms with E-state index in [1.165, 1.54) is 135 Å². The van der Waals surface area contributed by atoms with E-state index in [1.807, 2.05) is 28.1 Å². The van der Waals surface area contributed by atoms with Crippen LogP contribution >= 0.6 is 7.82 Å². The van der Waals surface area contributed by atoms with Crippen molar-refractivity contribution < 1.29 is 38.0 Å². The van der Waals surface area contributed by atoms with Crippen LogP contribution in [0.4, 0.5) is 0 Å². The number of nitrogens with zero attached hydrogens (tertiary/aromatic N) is 1. The van der Waals surface area contributed by atoms with Crippen molar-refractivity contribution in [2.75, 3.05) is 40.9 Å². The van der Waals surface area contributed by atoms with Crippen molar-refractivity contribution in [1.29, 1.82) is 0 Å². The molecule has 0 aromatic carbocycles. The van der Waals surface area contributed by atoms with Gasteiger partial charge in [-0.25, -0.2) is 4.57 Å². The van der Waals surface area contributed by atoms with Gasteiger partial charge in [0.1, 0.15) is 19.3 Å². The maximum Gasteiger partial charge on any atom is 0.472 e. The van der Waals surface area contributed by atoms with Crippen molar-refractivity contribution in [2.45, 2.75) is 257 Å². The summed E-state index contributed by atoms with van der Waals surface area (Å²) in [4.78, 5) is 23.3. The predicted molar refractivity (Wildman–Crippen MR) is 296 cm³/mol. The maximum atomic E-state index is 13.0. The van der Waals surface area contributed by atoms with Gasteiger partial charge < -0.3 is 24.9 Å². The van der Waals surface area contributed by atoms with E-state index in [2.05, 4.69) is 85.2 Å². The van der Waals surface area contributed by atoms with E-state index < -0.39 is 32.7 Å². The Morgan fingerprint density at radius 1 is 0.536 bits per heavy atom.